The van der Waals surface area contributed by atoms with Gasteiger partial charge in [-0.05, 0) is 36.8 Å². The first kappa shape index (κ1) is 14.3. The van der Waals surface area contributed by atoms with E-state index < -0.39 is 0 Å². The summed E-state index contributed by atoms with van der Waals surface area (Å²) in [5.41, 5.74) is 0.964. The molecule has 0 spiro atoms. The van der Waals surface area contributed by atoms with Crippen LogP contribution in [0, 0.1) is 0 Å². The minimum atomic E-state index is -0.128. The number of carbonyl (C=O) groups is 1. The Morgan fingerprint density at radius 1 is 1.27 bits per heavy atom. The second kappa shape index (κ2) is 6.43. The summed E-state index contributed by atoms with van der Waals surface area (Å²) < 4.78 is 15.9. The third-order valence-corrected chi connectivity index (χ3v) is 3.48. The first-order valence-corrected chi connectivity index (χ1v) is 7.20. The van der Waals surface area contributed by atoms with Gasteiger partial charge in [0.15, 0.2) is 11.5 Å². The van der Waals surface area contributed by atoms with Crippen LogP contribution in [0.4, 0.5) is 4.79 Å². The second-order valence-electron chi connectivity index (χ2n) is 4.94. The molecule has 0 fully saturated rings. The third kappa shape index (κ3) is 3.16. The lowest BCUT2D eigenvalue weighted by Gasteiger charge is -2.20. The fourth-order valence-corrected chi connectivity index (χ4v) is 2.26. The number of furan rings is 1. The van der Waals surface area contributed by atoms with Gasteiger partial charge in [-0.3, -0.25) is 0 Å². The van der Waals surface area contributed by atoms with Crippen LogP contribution < -0.4 is 14.8 Å². The van der Waals surface area contributed by atoms with Crippen LogP contribution in [-0.2, 0) is 13.1 Å². The molecule has 1 aliphatic heterocycles. The number of hydrogen-bond donors (Lipinski definition) is 1. The maximum absolute atomic E-state index is 12.2. The zero-order valence-electron chi connectivity index (χ0n) is 12.4. The fourth-order valence-electron chi connectivity index (χ4n) is 2.26. The van der Waals surface area contributed by atoms with Crippen LogP contribution >= 0.6 is 0 Å². The van der Waals surface area contributed by atoms with Gasteiger partial charge in [0.05, 0.1) is 12.8 Å². The van der Waals surface area contributed by atoms with Crippen LogP contribution in [0.25, 0.3) is 0 Å². The molecule has 0 aliphatic carbocycles. The summed E-state index contributed by atoms with van der Waals surface area (Å²) in [4.78, 5) is 13.9. The zero-order chi connectivity index (χ0) is 15.4. The highest BCUT2D eigenvalue weighted by molar-refractivity contribution is 5.74. The molecule has 3 rings (SSSR count). The van der Waals surface area contributed by atoms with Crippen LogP contribution in [0.2, 0.25) is 0 Å². The smallest absolute Gasteiger partial charge is 0.318 e. The van der Waals surface area contributed by atoms with Crippen LogP contribution in [0.3, 0.4) is 0 Å². The van der Waals surface area contributed by atoms with Crippen molar-refractivity contribution in [2.24, 2.45) is 0 Å². The molecule has 1 aliphatic rings. The Bertz CT molecular complexity index is 640. The summed E-state index contributed by atoms with van der Waals surface area (Å²) in [5, 5.41) is 2.90. The van der Waals surface area contributed by atoms with Crippen LogP contribution in [-0.4, -0.2) is 24.3 Å². The van der Waals surface area contributed by atoms with E-state index in [9.17, 15) is 4.79 Å². The number of nitrogens with zero attached hydrogens (tertiary/aromatic N) is 1. The van der Waals surface area contributed by atoms with E-state index in [4.69, 9.17) is 13.9 Å². The van der Waals surface area contributed by atoms with Crippen molar-refractivity contribution in [2.75, 3.05) is 13.3 Å². The second-order valence-corrected chi connectivity index (χ2v) is 4.94. The Kier molecular flexibility index (Phi) is 4.18. The first-order valence-electron chi connectivity index (χ1n) is 7.20. The highest BCUT2D eigenvalue weighted by Gasteiger charge is 2.15. The number of urea groups is 1. The van der Waals surface area contributed by atoms with Gasteiger partial charge in [-0.15, -0.1) is 0 Å². The van der Waals surface area contributed by atoms with E-state index in [-0.39, 0.29) is 12.8 Å². The molecule has 1 aromatic heterocycles. The lowest BCUT2D eigenvalue weighted by Crippen LogP contribution is -2.38. The molecule has 0 saturated heterocycles. The van der Waals surface area contributed by atoms with Gasteiger partial charge in [0.1, 0.15) is 5.76 Å². The van der Waals surface area contributed by atoms with Crippen molar-refractivity contribution in [1.82, 2.24) is 10.2 Å². The molecule has 6 nitrogen and oxygen atoms in total. The topological polar surface area (TPSA) is 63.9 Å². The molecule has 2 amide bonds. The van der Waals surface area contributed by atoms with E-state index in [1.165, 1.54) is 0 Å². The van der Waals surface area contributed by atoms with Crippen molar-refractivity contribution in [1.29, 1.82) is 0 Å². The summed E-state index contributed by atoms with van der Waals surface area (Å²) in [6, 6.07) is 9.19. The molecule has 1 aromatic carbocycles. The number of nitrogens with one attached hydrogen (secondary N) is 1. The van der Waals surface area contributed by atoms with Gasteiger partial charge in [-0.1, -0.05) is 6.07 Å². The maximum atomic E-state index is 12.2. The van der Waals surface area contributed by atoms with Crippen molar-refractivity contribution in [3.05, 3.63) is 47.9 Å². The first-order chi connectivity index (χ1) is 10.8. The van der Waals surface area contributed by atoms with Crippen molar-refractivity contribution < 1.29 is 18.7 Å². The number of fused-ring (bicyclic) bond motifs is 1. The van der Waals surface area contributed by atoms with Gasteiger partial charge in [-0.25, -0.2) is 4.79 Å². The average Bonchev–Trinajstić information content (AvgIpc) is 3.20. The van der Waals surface area contributed by atoms with E-state index >= 15 is 0 Å². The molecule has 0 bridgehead atoms. The van der Waals surface area contributed by atoms with E-state index in [1.807, 2.05) is 37.3 Å². The summed E-state index contributed by atoms with van der Waals surface area (Å²) in [6.07, 6.45) is 1.60. The molecule has 6 heteroatoms. The van der Waals surface area contributed by atoms with Gasteiger partial charge in [0.2, 0.25) is 6.79 Å². The quantitative estimate of drug-likeness (QED) is 0.922. The van der Waals surface area contributed by atoms with Gasteiger partial charge in [-0.2, -0.15) is 0 Å². The molecule has 0 radical (unpaired) electrons. The van der Waals surface area contributed by atoms with Crippen molar-refractivity contribution in [3.63, 3.8) is 0 Å². The molecule has 0 unspecified atom stereocenters. The predicted octanol–water partition coefficient (Wildman–Crippen LogP) is 2.74. The van der Waals surface area contributed by atoms with Crippen LogP contribution in [0.1, 0.15) is 18.2 Å². The van der Waals surface area contributed by atoms with Crippen molar-refractivity contribution >= 4 is 6.03 Å². The van der Waals surface area contributed by atoms with Crippen molar-refractivity contribution in [3.8, 4) is 11.5 Å². The highest BCUT2D eigenvalue weighted by Crippen LogP contribution is 2.32. The van der Waals surface area contributed by atoms with Crippen molar-refractivity contribution in [2.45, 2.75) is 20.0 Å². The minimum absolute atomic E-state index is 0.128. The predicted molar refractivity (Wildman–Crippen MR) is 79.6 cm³/mol. The molecule has 1 N–H and O–H groups in total. The maximum Gasteiger partial charge on any atom is 0.318 e. The molecule has 2 aromatic rings. The summed E-state index contributed by atoms with van der Waals surface area (Å²) >= 11 is 0. The Hall–Kier alpha value is -2.63. The lowest BCUT2D eigenvalue weighted by atomic mass is 10.2. The number of rotatable bonds is 5. The molecule has 0 atom stereocenters. The zero-order valence-corrected chi connectivity index (χ0v) is 12.4. The molecule has 2 heterocycles. The average molecular weight is 302 g/mol. The Labute approximate surface area is 128 Å². The van der Waals surface area contributed by atoms with E-state index in [0.29, 0.717) is 19.6 Å². The number of benzene rings is 1. The SMILES string of the molecule is CCN(Cc1ccco1)C(=O)NCc1ccc2c(c1)OCO2. The number of carbonyl (C=O) groups excluding carboxylic acids is 1. The standard InChI is InChI=1S/C16H18N2O4/c1-2-18(10-13-4-3-7-20-13)16(19)17-9-12-5-6-14-15(8-12)22-11-21-14/h3-8H,2,9-11H2,1H3,(H,17,19). The Morgan fingerprint density at radius 2 is 2.14 bits per heavy atom. The molecule has 22 heavy (non-hydrogen) atoms. The number of amides is 2. The van der Waals surface area contributed by atoms with Crippen LogP contribution in [0.5, 0.6) is 11.5 Å². The normalized spacial score (nSPS) is 12.2. The molecule has 116 valence electrons. The molecule has 0 saturated carbocycles. The Morgan fingerprint density at radius 3 is 2.91 bits per heavy atom. The summed E-state index contributed by atoms with van der Waals surface area (Å²) in [7, 11) is 0. The summed E-state index contributed by atoms with van der Waals surface area (Å²) in [5.74, 6) is 2.22. The van der Waals surface area contributed by atoms with E-state index in [1.54, 1.807) is 11.2 Å². The summed E-state index contributed by atoms with van der Waals surface area (Å²) in [6.45, 7) is 3.68. The highest BCUT2D eigenvalue weighted by atomic mass is 16.7. The number of hydrogen-bond acceptors (Lipinski definition) is 4. The van der Waals surface area contributed by atoms with E-state index in [0.717, 1.165) is 22.8 Å². The van der Waals surface area contributed by atoms with Gasteiger partial charge < -0.3 is 24.1 Å². The Balaban J connectivity index is 1.56. The molecular formula is C16H18N2O4. The van der Waals surface area contributed by atoms with Gasteiger partial charge >= 0.3 is 6.03 Å². The molecular weight excluding hydrogens is 284 g/mol. The lowest BCUT2D eigenvalue weighted by molar-refractivity contribution is 0.174. The largest absolute Gasteiger partial charge is 0.467 e. The van der Waals surface area contributed by atoms with Crippen LogP contribution in [0.15, 0.2) is 41.0 Å². The van der Waals surface area contributed by atoms with Gasteiger partial charge in [0, 0.05) is 13.1 Å². The number of ether oxygens (including phenoxy) is 2. The minimum Gasteiger partial charge on any atom is -0.467 e. The third-order valence-electron chi connectivity index (χ3n) is 3.48. The fraction of sp³-hybridized carbons (Fsp3) is 0.312. The van der Waals surface area contributed by atoms with E-state index in [2.05, 4.69) is 5.32 Å². The monoisotopic (exact) mass is 302 g/mol. The van der Waals surface area contributed by atoms with Gasteiger partial charge in [0.25, 0.3) is 0 Å².